The normalized spacial score (nSPS) is 32.2. The van der Waals surface area contributed by atoms with Crippen molar-refractivity contribution in [2.24, 2.45) is 5.92 Å². The number of hydrogen-bond donors (Lipinski definition) is 3. The van der Waals surface area contributed by atoms with Crippen molar-refractivity contribution in [1.82, 2.24) is 0 Å². The van der Waals surface area contributed by atoms with Gasteiger partial charge < -0.3 is 15.7 Å². The van der Waals surface area contributed by atoms with E-state index in [0.29, 0.717) is 6.61 Å². The van der Waals surface area contributed by atoms with Gasteiger partial charge >= 0.3 is 0 Å². The monoisotopic (exact) mass is 160 g/mol. The summed E-state index contributed by atoms with van der Waals surface area (Å²) in [5.41, 5.74) is 3.92. The molecule has 0 amide bonds. The van der Waals surface area contributed by atoms with Gasteiger partial charge in [-0.2, -0.15) is 0 Å². The van der Waals surface area contributed by atoms with Crippen molar-refractivity contribution in [2.45, 2.75) is 12.8 Å². The third kappa shape index (κ3) is 2.77. The molecule has 11 heavy (non-hydrogen) atoms. The lowest BCUT2D eigenvalue weighted by Gasteiger charge is -2.26. The molecule has 0 aliphatic carbocycles. The molecule has 1 aliphatic heterocycles. The fraction of sp³-hybridized carbons (Fsp3) is 1.00. The highest BCUT2D eigenvalue weighted by molar-refractivity contribution is 4.59. The number of hydrogen-bond acceptors (Lipinski definition) is 1. The fourth-order valence-electron chi connectivity index (χ4n) is 1.78. The number of aliphatic hydroxyl groups is 1. The molecule has 1 heterocycles. The lowest BCUT2D eigenvalue weighted by Crippen LogP contribution is -3.13. The number of rotatable bonds is 3. The van der Waals surface area contributed by atoms with Crippen LogP contribution in [0.2, 0.25) is 0 Å². The van der Waals surface area contributed by atoms with E-state index >= 15 is 0 Å². The number of nitrogens with one attached hydrogen (secondary N) is 1. The van der Waals surface area contributed by atoms with Crippen LogP contribution in [0, 0.1) is 5.92 Å². The van der Waals surface area contributed by atoms with Crippen LogP contribution in [0.5, 0.6) is 0 Å². The number of aliphatic hydroxyl groups excluding tert-OH is 1. The molecule has 0 aromatic heterocycles. The molecule has 3 nitrogen and oxygen atoms in total. The largest absolute Gasteiger partial charge is 0.391 e. The summed E-state index contributed by atoms with van der Waals surface area (Å²) in [4.78, 5) is 1.57. The minimum absolute atomic E-state index is 0.338. The Morgan fingerprint density at radius 2 is 2.00 bits per heavy atom. The highest BCUT2D eigenvalue weighted by atomic mass is 16.3. The minimum atomic E-state index is 0.338. The Morgan fingerprint density at radius 1 is 1.36 bits per heavy atom. The van der Waals surface area contributed by atoms with Gasteiger partial charge in [-0.3, -0.25) is 0 Å². The third-order valence-electron chi connectivity index (χ3n) is 2.69. The van der Waals surface area contributed by atoms with Gasteiger partial charge in [0, 0.05) is 18.8 Å². The molecule has 0 bridgehead atoms. The standard InChI is InChI=1S/C8H18N2O/c9-7-8-1-3-10(4-2-8)5-6-11/h8,11H,1-7,9H2/p+2. The molecule has 0 aromatic rings. The fourth-order valence-corrected chi connectivity index (χ4v) is 1.78. The van der Waals surface area contributed by atoms with Crippen molar-refractivity contribution in [3.63, 3.8) is 0 Å². The smallest absolute Gasteiger partial charge is 0.101 e. The molecule has 1 fully saturated rings. The quantitative estimate of drug-likeness (QED) is 0.420. The summed E-state index contributed by atoms with van der Waals surface area (Å²) in [6, 6.07) is 0. The van der Waals surface area contributed by atoms with E-state index in [0.717, 1.165) is 19.0 Å². The summed E-state index contributed by atoms with van der Waals surface area (Å²) in [5.74, 6) is 0.859. The average Bonchev–Trinajstić information content (AvgIpc) is 2.07. The van der Waals surface area contributed by atoms with Crippen LogP contribution in [0.15, 0.2) is 0 Å². The van der Waals surface area contributed by atoms with Gasteiger partial charge in [-0.15, -0.1) is 0 Å². The maximum Gasteiger partial charge on any atom is 0.101 e. The van der Waals surface area contributed by atoms with Crippen molar-refractivity contribution >= 4 is 0 Å². The summed E-state index contributed by atoms with van der Waals surface area (Å²) in [6.07, 6.45) is 2.61. The highest BCUT2D eigenvalue weighted by Gasteiger charge is 2.21. The van der Waals surface area contributed by atoms with Crippen molar-refractivity contribution < 1.29 is 15.7 Å². The van der Waals surface area contributed by atoms with Crippen LogP contribution in [-0.2, 0) is 0 Å². The van der Waals surface area contributed by atoms with E-state index < -0.39 is 0 Å². The second kappa shape index (κ2) is 4.70. The zero-order valence-electron chi connectivity index (χ0n) is 7.18. The lowest BCUT2D eigenvalue weighted by atomic mass is 9.97. The van der Waals surface area contributed by atoms with E-state index in [9.17, 15) is 0 Å². The second-order valence-corrected chi connectivity index (χ2v) is 3.46. The summed E-state index contributed by atoms with van der Waals surface area (Å²) in [5, 5.41) is 8.71. The molecular weight excluding hydrogens is 140 g/mol. The predicted molar refractivity (Wildman–Crippen MR) is 43.1 cm³/mol. The summed E-state index contributed by atoms with van der Waals surface area (Å²) < 4.78 is 0. The van der Waals surface area contributed by atoms with Gasteiger partial charge in [-0.05, 0) is 0 Å². The Morgan fingerprint density at radius 3 is 2.45 bits per heavy atom. The molecule has 0 radical (unpaired) electrons. The molecule has 1 saturated heterocycles. The Kier molecular flexibility index (Phi) is 3.83. The first-order chi connectivity index (χ1) is 5.36. The maximum absolute atomic E-state index is 8.71. The Bertz CT molecular complexity index is 100. The SMILES string of the molecule is [NH3+]CC1CC[NH+](CCO)CC1. The van der Waals surface area contributed by atoms with Gasteiger partial charge in [0.2, 0.25) is 0 Å². The minimum Gasteiger partial charge on any atom is -0.391 e. The van der Waals surface area contributed by atoms with Crippen molar-refractivity contribution in [3.05, 3.63) is 0 Å². The zero-order chi connectivity index (χ0) is 8.10. The number of piperidine rings is 1. The second-order valence-electron chi connectivity index (χ2n) is 3.46. The van der Waals surface area contributed by atoms with Crippen molar-refractivity contribution in [3.8, 4) is 0 Å². The maximum atomic E-state index is 8.71. The van der Waals surface area contributed by atoms with Gasteiger partial charge in [0.25, 0.3) is 0 Å². The van der Waals surface area contributed by atoms with Crippen LogP contribution in [-0.4, -0.2) is 37.9 Å². The topological polar surface area (TPSA) is 52.3 Å². The van der Waals surface area contributed by atoms with Crippen LogP contribution in [0.25, 0.3) is 0 Å². The summed E-state index contributed by atoms with van der Waals surface area (Å²) in [7, 11) is 0. The first-order valence-corrected chi connectivity index (χ1v) is 4.60. The van der Waals surface area contributed by atoms with Crippen LogP contribution < -0.4 is 10.6 Å². The molecule has 0 atom stereocenters. The van der Waals surface area contributed by atoms with Crippen LogP contribution in [0.3, 0.4) is 0 Å². The summed E-state index contributed by atoms with van der Waals surface area (Å²) >= 11 is 0. The molecule has 0 aromatic carbocycles. The molecule has 66 valence electrons. The third-order valence-corrected chi connectivity index (χ3v) is 2.69. The van der Waals surface area contributed by atoms with Crippen molar-refractivity contribution in [2.75, 3.05) is 32.8 Å². The van der Waals surface area contributed by atoms with E-state index in [1.165, 1.54) is 25.9 Å². The lowest BCUT2D eigenvalue weighted by molar-refractivity contribution is -0.906. The molecule has 0 spiro atoms. The van der Waals surface area contributed by atoms with Crippen LogP contribution >= 0.6 is 0 Å². The highest BCUT2D eigenvalue weighted by Crippen LogP contribution is 2.05. The number of quaternary nitrogens is 2. The van der Waals surface area contributed by atoms with E-state index in [1.807, 2.05) is 0 Å². The van der Waals surface area contributed by atoms with E-state index in [-0.39, 0.29) is 0 Å². The van der Waals surface area contributed by atoms with Gasteiger partial charge in [-0.25, -0.2) is 0 Å². The van der Waals surface area contributed by atoms with Gasteiger partial charge in [0.05, 0.1) is 26.2 Å². The van der Waals surface area contributed by atoms with E-state index in [4.69, 9.17) is 5.11 Å². The van der Waals surface area contributed by atoms with E-state index in [1.54, 1.807) is 4.90 Å². The van der Waals surface area contributed by atoms with E-state index in [2.05, 4.69) is 5.73 Å². The van der Waals surface area contributed by atoms with Crippen molar-refractivity contribution in [1.29, 1.82) is 0 Å². The molecular formula is C8H20N2O+2. The Hall–Kier alpha value is -0.120. The molecule has 3 heteroatoms. The Labute approximate surface area is 68.2 Å². The predicted octanol–water partition coefficient (Wildman–Crippen LogP) is -2.48. The van der Waals surface area contributed by atoms with Gasteiger partial charge in [0.1, 0.15) is 6.54 Å². The molecule has 1 aliphatic rings. The van der Waals surface area contributed by atoms with Gasteiger partial charge in [-0.1, -0.05) is 0 Å². The van der Waals surface area contributed by atoms with Crippen LogP contribution in [0.1, 0.15) is 12.8 Å². The first-order valence-electron chi connectivity index (χ1n) is 4.60. The zero-order valence-corrected chi connectivity index (χ0v) is 7.18. The van der Waals surface area contributed by atoms with Crippen LogP contribution in [0.4, 0.5) is 0 Å². The number of likely N-dealkylation sites (tertiary alicyclic amines) is 1. The average molecular weight is 160 g/mol. The molecule has 0 saturated carbocycles. The molecule has 0 unspecified atom stereocenters. The molecule has 5 N–H and O–H groups in total. The molecule has 1 rings (SSSR count). The summed E-state index contributed by atoms with van der Waals surface area (Å²) in [6.45, 7) is 4.84. The Balaban J connectivity index is 2.14. The first kappa shape index (κ1) is 8.97. The van der Waals surface area contributed by atoms with Gasteiger partial charge in [0.15, 0.2) is 0 Å².